The van der Waals surface area contributed by atoms with Crippen molar-refractivity contribution in [2.24, 2.45) is 5.73 Å². The molecule has 1 fully saturated rings. The van der Waals surface area contributed by atoms with E-state index in [0.717, 1.165) is 0 Å². The van der Waals surface area contributed by atoms with Gasteiger partial charge in [-0.15, -0.1) is 0 Å². The lowest BCUT2D eigenvalue weighted by Crippen LogP contribution is -2.52. The van der Waals surface area contributed by atoms with Gasteiger partial charge in [0.1, 0.15) is 5.75 Å². The highest BCUT2D eigenvalue weighted by Crippen LogP contribution is 2.21. The normalized spacial score (nSPS) is 23.2. The SMILES string of the molecule is COc1cnccc1C(=O)N1CC(CN)OCC1C. The smallest absolute Gasteiger partial charge is 0.258 e. The topological polar surface area (TPSA) is 77.7 Å². The van der Waals surface area contributed by atoms with E-state index in [1.807, 2.05) is 6.92 Å². The van der Waals surface area contributed by atoms with Crippen LogP contribution >= 0.6 is 0 Å². The number of methoxy groups -OCH3 is 1. The Morgan fingerprint density at radius 3 is 3.16 bits per heavy atom. The second-order valence-corrected chi connectivity index (χ2v) is 4.57. The number of aromatic nitrogens is 1. The molecule has 2 N–H and O–H groups in total. The number of morpholine rings is 1. The van der Waals surface area contributed by atoms with Crippen LogP contribution in [0.5, 0.6) is 5.75 Å². The maximum Gasteiger partial charge on any atom is 0.258 e. The molecule has 0 bridgehead atoms. The van der Waals surface area contributed by atoms with Crippen LogP contribution in [0.15, 0.2) is 18.5 Å². The number of nitrogens with zero attached hydrogens (tertiary/aromatic N) is 2. The van der Waals surface area contributed by atoms with Gasteiger partial charge < -0.3 is 20.1 Å². The summed E-state index contributed by atoms with van der Waals surface area (Å²) in [6.07, 6.45) is 3.02. The summed E-state index contributed by atoms with van der Waals surface area (Å²) in [6, 6.07) is 1.69. The first-order chi connectivity index (χ1) is 9.17. The highest BCUT2D eigenvalue weighted by Gasteiger charge is 2.30. The summed E-state index contributed by atoms with van der Waals surface area (Å²) in [4.78, 5) is 18.3. The minimum atomic E-state index is -0.104. The van der Waals surface area contributed by atoms with Crippen LogP contribution in [0.2, 0.25) is 0 Å². The number of ether oxygens (including phenoxy) is 2. The Hall–Kier alpha value is -1.66. The predicted molar refractivity (Wildman–Crippen MR) is 70.1 cm³/mol. The molecule has 2 rings (SSSR count). The summed E-state index contributed by atoms with van der Waals surface area (Å²) in [5, 5.41) is 0. The summed E-state index contributed by atoms with van der Waals surface area (Å²) in [5.41, 5.74) is 6.12. The second kappa shape index (κ2) is 5.99. The molecule has 0 spiro atoms. The third-order valence-corrected chi connectivity index (χ3v) is 3.26. The van der Waals surface area contributed by atoms with Crippen LogP contribution in [0.4, 0.5) is 0 Å². The molecule has 1 aliphatic rings. The first-order valence-electron chi connectivity index (χ1n) is 6.28. The maximum absolute atomic E-state index is 12.6. The number of hydrogen-bond acceptors (Lipinski definition) is 5. The first kappa shape index (κ1) is 13.8. The molecule has 1 aromatic rings. The van der Waals surface area contributed by atoms with E-state index in [1.54, 1.807) is 23.4 Å². The van der Waals surface area contributed by atoms with Gasteiger partial charge in [0.15, 0.2) is 0 Å². The number of amides is 1. The van der Waals surface area contributed by atoms with Gasteiger partial charge >= 0.3 is 0 Å². The molecule has 1 saturated heterocycles. The lowest BCUT2D eigenvalue weighted by Gasteiger charge is -2.37. The van der Waals surface area contributed by atoms with E-state index >= 15 is 0 Å². The van der Waals surface area contributed by atoms with Gasteiger partial charge in [-0.2, -0.15) is 0 Å². The van der Waals surface area contributed by atoms with Crippen LogP contribution in [-0.4, -0.2) is 54.7 Å². The Balaban J connectivity index is 2.22. The average Bonchev–Trinajstić information content (AvgIpc) is 2.47. The van der Waals surface area contributed by atoms with Crippen molar-refractivity contribution >= 4 is 5.91 Å². The molecule has 2 atom stereocenters. The van der Waals surface area contributed by atoms with Gasteiger partial charge in [0, 0.05) is 19.3 Å². The van der Waals surface area contributed by atoms with Crippen LogP contribution in [0.3, 0.4) is 0 Å². The summed E-state index contributed by atoms with van der Waals surface area (Å²) < 4.78 is 10.7. The third kappa shape index (κ3) is 2.85. The molecule has 104 valence electrons. The molecule has 1 aromatic heterocycles. The monoisotopic (exact) mass is 265 g/mol. The van der Waals surface area contributed by atoms with Gasteiger partial charge in [0.2, 0.25) is 0 Å². The lowest BCUT2D eigenvalue weighted by atomic mass is 10.1. The lowest BCUT2D eigenvalue weighted by molar-refractivity contribution is -0.0426. The van der Waals surface area contributed by atoms with E-state index in [2.05, 4.69) is 4.98 Å². The molecule has 0 saturated carbocycles. The van der Waals surface area contributed by atoms with Crippen molar-refractivity contribution < 1.29 is 14.3 Å². The Labute approximate surface area is 112 Å². The minimum Gasteiger partial charge on any atom is -0.494 e. The maximum atomic E-state index is 12.6. The van der Waals surface area contributed by atoms with Crippen molar-refractivity contribution in [3.05, 3.63) is 24.0 Å². The van der Waals surface area contributed by atoms with E-state index in [1.165, 1.54) is 7.11 Å². The van der Waals surface area contributed by atoms with Crippen molar-refractivity contribution in [1.82, 2.24) is 9.88 Å². The minimum absolute atomic E-state index is 0.0215. The number of pyridine rings is 1. The predicted octanol–water partition coefficient (Wildman–Crippen LogP) is 0.278. The molecule has 0 radical (unpaired) electrons. The summed E-state index contributed by atoms with van der Waals surface area (Å²) in [6.45, 7) is 3.37. The Kier molecular flexibility index (Phi) is 4.34. The molecule has 0 aromatic carbocycles. The number of rotatable bonds is 3. The molecular formula is C13H19N3O3. The summed E-state index contributed by atoms with van der Waals surface area (Å²) >= 11 is 0. The van der Waals surface area contributed by atoms with Crippen molar-refractivity contribution in [2.75, 3.05) is 26.8 Å². The standard InChI is InChI=1S/C13H19N3O3/c1-9-8-19-10(5-14)7-16(9)13(17)11-3-4-15-6-12(11)18-2/h3-4,6,9-10H,5,7-8,14H2,1-2H3. The molecule has 2 unspecified atom stereocenters. The number of carbonyl (C=O) groups excluding carboxylic acids is 1. The highest BCUT2D eigenvalue weighted by molar-refractivity contribution is 5.97. The van der Waals surface area contributed by atoms with Crippen LogP contribution in [0.25, 0.3) is 0 Å². The quantitative estimate of drug-likeness (QED) is 0.849. The largest absolute Gasteiger partial charge is 0.494 e. The van der Waals surface area contributed by atoms with E-state index in [0.29, 0.717) is 31.0 Å². The van der Waals surface area contributed by atoms with Gasteiger partial charge in [-0.05, 0) is 13.0 Å². The molecule has 19 heavy (non-hydrogen) atoms. The Bertz CT molecular complexity index is 453. The van der Waals surface area contributed by atoms with E-state index in [-0.39, 0.29) is 18.1 Å². The van der Waals surface area contributed by atoms with Crippen molar-refractivity contribution in [3.63, 3.8) is 0 Å². The average molecular weight is 265 g/mol. The fourth-order valence-electron chi connectivity index (χ4n) is 2.12. The fourth-order valence-corrected chi connectivity index (χ4v) is 2.12. The number of carbonyl (C=O) groups is 1. The van der Waals surface area contributed by atoms with Crippen LogP contribution in [-0.2, 0) is 4.74 Å². The van der Waals surface area contributed by atoms with E-state index < -0.39 is 0 Å². The number of nitrogens with two attached hydrogens (primary N) is 1. The zero-order valence-corrected chi connectivity index (χ0v) is 11.2. The van der Waals surface area contributed by atoms with Crippen LogP contribution < -0.4 is 10.5 Å². The molecule has 6 nitrogen and oxygen atoms in total. The number of hydrogen-bond donors (Lipinski definition) is 1. The fraction of sp³-hybridized carbons (Fsp3) is 0.538. The molecular weight excluding hydrogens is 246 g/mol. The molecule has 6 heteroatoms. The molecule has 1 amide bonds. The highest BCUT2D eigenvalue weighted by atomic mass is 16.5. The van der Waals surface area contributed by atoms with E-state index in [4.69, 9.17) is 15.2 Å². The van der Waals surface area contributed by atoms with Gasteiger partial charge in [0.25, 0.3) is 5.91 Å². The van der Waals surface area contributed by atoms with Crippen LogP contribution in [0, 0.1) is 0 Å². The van der Waals surface area contributed by atoms with Gasteiger partial charge in [-0.3, -0.25) is 9.78 Å². The van der Waals surface area contributed by atoms with Gasteiger partial charge in [-0.1, -0.05) is 0 Å². The van der Waals surface area contributed by atoms with Crippen molar-refractivity contribution in [1.29, 1.82) is 0 Å². The van der Waals surface area contributed by atoms with Crippen LogP contribution in [0.1, 0.15) is 17.3 Å². The molecule has 2 heterocycles. The summed E-state index contributed by atoms with van der Waals surface area (Å²) in [7, 11) is 1.53. The third-order valence-electron chi connectivity index (χ3n) is 3.26. The second-order valence-electron chi connectivity index (χ2n) is 4.57. The van der Waals surface area contributed by atoms with Crippen molar-refractivity contribution in [2.45, 2.75) is 19.1 Å². The zero-order valence-electron chi connectivity index (χ0n) is 11.2. The van der Waals surface area contributed by atoms with E-state index in [9.17, 15) is 4.79 Å². The first-order valence-corrected chi connectivity index (χ1v) is 6.28. The Morgan fingerprint density at radius 1 is 1.68 bits per heavy atom. The molecule has 1 aliphatic heterocycles. The zero-order chi connectivity index (χ0) is 13.8. The molecule has 0 aliphatic carbocycles. The van der Waals surface area contributed by atoms with Crippen molar-refractivity contribution in [3.8, 4) is 5.75 Å². The van der Waals surface area contributed by atoms with Gasteiger partial charge in [0.05, 0.1) is 37.6 Å². The Morgan fingerprint density at radius 2 is 2.47 bits per heavy atom. The summed E-state index contributed by atoms with van der Waals surface area (Å²) in [5.74, 6) is 0.406. The van der Waals surface area contributed by atoms with Gasteiger partial charge in [-0.25, -0.2) is 0 Å².